The van der Waals surface area contributed by atoms with Gasteiger partial charge in [0.2, 0.25) is 5.91 Å². The molecule has 1 aliphatic rings. The highest BCUT2D eigenvalue weighted by atomic mass is 32.2. The molecule has 184 valence electrons. The zero-order valence-corrected chi connectivity index (χ0v) is 20.9. The normalized spacial score (nSPS) is 15.4. The quantitative estimate of drug-likeness (QED) is 0.461. The number of carbonyl (C=O) groups is 4. The van der Waals surface area contributed by atoms with Crippen molar-refractivity contribution in [1.82, 2.24) is 20.9 Å². The van der Waals surface area contributed by atoms with Crippen molar-refractivity contribution in [3.05, 3.63) is 76.2 Å². The Labute approximate surface area is 209 Å². The maximum atomic E-state index is 12.7. The van der Waals surface area contributed by atoms with Crippen molar-refractivity contribution in [1.29, 1.82) is 0 Å². The van der Waals surface area contributed by atoms with Crippen molar-refractivity contribution >= 4 is 40.9 Å². The van der Waals surface area contributed by atoms with E-state index in [1.165, 1.54) is 0 Å². The van der Waals surface area contributed by atoms with Crippen LogP contribution in [0.2, 0.25) is 0 Å². The van der Waals surface area contributed by atoms with Gasteiger partial charge in [0.1, 0.15) is 6.04 Å². The van der Waals surface area contributed by atoms with E-state index in [1.54, 1.807) is 6.08 Å². The van der Waals surface area contributed by atoms with Crippen molar-refractivity contribution in [2.45, 2.75) is 33.4 Å². The van der Waals surface area contributed by atoms with Gasteiger partial charge in [-0.15, -0.1) is 0 Å². The number of nitrogens with one attached hydrogen (secondary N) is 3. The molecule has 5 amide bonds. The minimum absolute atomic E-state index is 0.0483. The van der Waals surface area contributed by atoms with Gasteiger partial charge in [-0.3, -0.25) is 19.3 Å². The van der Waals surface area contributed by atoms with Crippen LogP contribution in [0.25, 0.3) is 6.08 Å². The Kier molecular flexibility index (Phi) is 9.08. The molecule has 0 aromatic heterocycles. The van der Waals surface area contributed by atoms with Crippen LogP contribution in [0.3, 0.4) is 0 Å². The fraction of sp³-hybridized carbons (Fsp3) is 0.308. The molecule has 8 nitrogen and oxygen atoms in total. The molecule has 2 aromatic carbocycles. The molecule has 0 aliphatic carbocycles. The molecule has 1 unspecified atom stereocenters. The molecular formula is C26H30N4O4S. The molecule has 0 saturated carbocycles. The molecule has 1 aliphatic heterocycles. The monoisotopic (exact) mass is 494 g/mol. The number of imide groups is 1. The average molecular weight is 495 g/mol. The Bertz CT molecular complexity index is 1100. The van der Waals surface area contributed by atoms with Crippen LogP contribution >= 0.6 is 11.8 Å². The number of aryl methyl sites for hydroxylation is 1. The Morgan fingerprint density at radius 1 is 1.00 bits per heavy atom. The fourth-order valence-electron chi connectivity index (χ4n) is 3.41. The Morgan fingerprint density at radius 3 is 2.34 bits per heavy atom. The number of amides is 5. The molecule has 1 heterocycles. The molecular weight excluding hydrogens is 464 g/mol. The van der Waals surface area contributed by atoms with E-state index in [1.807, 2.05) is 75.4 Å². The number of urea groups is 1. The second kappa shape index (κ2) is 12.2. The molecule has 2 aromatic rings. The third kappa shape index (κ3) is 7.45. The lowest BCUT2D eigenvalue weighted by Crippen LogP contribution is -2.53. The van der Waals surface area contributed by atoms with Crippen molar-refractivity contribution in [2.75, 3.05) is 13.1 Å². The van der Waals surface area contributed by atoms with Crippen LogP contribution in [0.4, 0.5) is 9.59 Å². The van der Waals surface area contributed by atoms with Gasteiger partial charge in [0, 0.05) is 19.6 Å². The van der Waals surface area contributed by atoms with E-state index in [2.05, 4.69) is 16.0 Å². The van der Waals surface area contributed by atoms with E-state index in [-0.39, 0.29) is 36.1 Å². The van der Waals surface area contributed by atoms with Gasteiger partial charge in [0.15, 0.2) is 0 Å². The van der Waals surface area contributed by atoms with Crippen LogP contribution < -0.4 is 16.0 Å². The molecule has 1 atom stereocenters. The minimum atomic E-state index is -0.762. The molecule has 0 spiro atoms. The first-order chi connectivity index (χ1) is 16.7. The molecule has 35 heavy (non-hydrogen) atoms. The number of hydrogen-bond acceptors (Lipinski definition) is 5. The Hall–Kier alpha value is -3.59. The van der Waals surface area contributed by atoms with Gasteiger partial charge in [-0.2, -0.15) is 0 Å². The maximum absolute atomic E-state index is 12.7. The molecule has 9 heteroatoms. The molecule has 1 fully saturated rings. The zero-order chi connectivity index (χ0) is 25.4. The summed E-state index contributed by atoms with van der Waals surface area (Å²) in [4.78, 5) is 51.5. The summed E-state index contributed by atoms with van der Waals surface area (Å²) >= 11 is 0.883. The molecule has 0 bridgehead atoms. The zero-order valence-electron chi connectivity index (χ0n) is 20.0. The maximum Gasteiger partial charge on any atom is 0.315 e. The first kappa shape index (κ1) is 26.0. The largest absolute Gasteiger partial charge is 0.353 e. The van der Waals surface area contributed by atoms with Crippen molar-refractivity contribution < 1.29 is 19.2 Å². The molecule has 0 radical (unpaired) electrons. The lowest BCUT2D eigenvalue weighted by Gasteiger charge is -2.22. The first-order valence-electron chi connectivity index (χ1n) is 11.4. The number of carbonyl (C=O) groups excluding carboxylic acids is 4. The summed E-state index contributed by atoms with van der Waals surface area (Å²) < 4.78 is 0. The van der Waals surface area contributed by atoms with E-state index in [4.69, 9.17) is 0 Å². The fourth-order valence-corrected chi connectivity index (χ4v) is 4.28. The van der Waals surface area contributed by atoms with Crippen molar-refractivity contribution in [3.63, 3.8) is 0 Å². The highest BCUT2D eigenvalue weighted by Crippen LogP contribution is 2.31. The van der Waals surface area contributed by atoms with E-state index >= 15 is 0 Å². The highest BCUT2D eigenvalue weighted by molar-refractivity contribution is 8.18. The number of nitrogens with zero attached hydrogens (tertiary/aromatic N) is 1. The van der Waals surface area contributed by atoms with Gasteiger partial charge >= 0.3 is 6.03 Å². The summed E-state index contributed by atoms with van der Waals surface area (Å²) in [5, 5.41) is 7.79. The van der Waals surface area contributed by atoms with E-state index in [0.717, 1.165) is 33.4 Å². The van der Waals surface area contributed by atoms with Crippen LogP contribution in [0.15, 0.2) is 59.5 Å². The van der Waals surface area contributed by atoms with Crippen LogP contribution in [-0.4, -0.2) is 47.1 Å². The van der Waals surface area contributed by atoms with Gasteiger partial charge in [0.25, 0.3) is 11.1 Å². The predicted molar refractivity (Wildman–Crippen MR) is 137 cm³/mol. The number of thioether (sulfide) groups is 1. The smallest absolute Gasteiger partial charge is 0.315 e. The summed E-state index contributed by atoms with van der Waals surface area (Å²) in [6.07, 6.45) is 1.69. The summed E-state index contributed by atoms with van der Waals surface area (Å²) in [6.45, 7) is 6.11. The Morgan fingerprint density at radius 2 is 1.69 bits per heavy atom. The molecule has 1 saturated heterocycles. The van der Waals surface area contributed by atoms with Gasteiger partial charge in [-0.1, -0.05) is 74.0 Å². The summed E-state index contributed by atoms with van der Waals surface area (Å²) in [5.74, 6) is -0.919. The number of hydrogen-bond donors (Lipinski definition) is 3. The van der Waals surface area contributed by atoms with Gasteiger partial charge in [-0.05, 0) is 41.8 Å². The van der Waals surface area contributed by atoms with Crippen LogP contribution in [0.1, 0.15) is 30.5 Å². The SMILES string of the molecule is Cc1ccc(/C=C2\SC(=O)N(CCNC(=O)C(NC(=O)NCc3ccccc3)C(C)C)C2=O)cc1. The average Bonchev–Trinajstić information content (AvgIpc) is 3.10. The lowest BCUT2D eigenvalue weighted by atomic mass is 10.0. The van der Waals surface area contributed by atoms with Crippen molar-refractivity contribution in [3.8, 4) is 0 Å². The van der Waals surface area contributed by atoms with E-state index in [0.29, 0.717) is 11.4 Å². The first-order valence-corrected chi connectivity index (χ1v) is 12.2. The molecule has 3 N–H and O–H groups in total. The third-order valence-electron chi connectivity index (χ3n) is 5.41. The second-order valence-corrected chi connectivity index (χ2v) is 9.56. The molecule has 3 rings (SSSR count). The third-order valence-corrected chi connectivity index (χ3v) is 6.32. The number of benzene rings is 2. The predicted octanol–water partition coefficient (Wildman–Crippen LogP) is 3.67. The van der Waals surface area contributed by atoms with Crippen LogP contribution in [-0.2, 0) is 16.1 Å². The Balaban J connectivity index is 1.49. The van der Waals surface area contributed by atoms with Crippen molar-refractivity contribution in [2.24, 2.45) is 5.92 Å². The van der Waals surface area contributed by atoms with Gasteiger partial charge < -0.3 is 16.0 Å². The topological polar surface area (TPSA) is 108 Å². The summed E-state index contributed by atoms with van der Waals surface area (Å²) in [7, 11) is 0. The minimum Gasteiger partial charge on any atom is -0.353 e. The summed E-state index contributed by atoms with van der Waals surface area (Å²) in [6, 6.07) is 15.9. The van der Waals surface area contributed by atoms with Crippen LogP contribution in [0, 0.1) is 12.8 Å². The lowest BCUT2D eigenvalue weighted by molar-refractivity contribution is -0.125. The van der Waals surface area contributed by atoms with Crippen LogP contribution in [0.5, 0.6) is 0 Å². The second-order valence-electron chi connectivity index (χ2n) is 8.57. The number of rotatable bonds is 9. The standard InChI is InChI=1S/C26H30N4O4S/c1-17(2)22(29-25(33)28-16-20-7-5-4-6-8-20)23(31)27-13-14-30-24(32)21(35-26(30)34)15-19-11-9-18(3)10-12-19/h4-12,15,17,22H,13-14,16H2,1-3H3,(H,27,31)(H2,28,29,33)/b21-15-. The van der Waals surface area contributed by atoms with E-state index < -0.39 is 12.1 Å². The highest BCUT2D eigenvalue weighted by Gasteiger charge is 2.35. The van der Waals surface area contributed by atoms with Gasteiger partial charge in [0.05, 0.1) is 4.91 Å². The van der Waals surface area contributed by atoms with Gasteiger partial charge in [-0.25, -0.2) is 4.79 Å². The van der Waals surface area contributed by atoms with E-state index in [9.17, 15) is 19.2 Å². The summed E-state index contributed by atoms with van der Waals surface area (Å²) in [5.41, 5.74) is 2.89.